The van der Waals surface area contributed by atoms with E-state index in [1.165, 1.54) is 58.7 Å². The summed E-state index contributed by atoms with van der Waals surface area (Å²) in [5.41, 5.74) is 14.1. The number of hydrogen-bond donors (Lipinski definition) is 0. The largest absolute Gasteiger partial charge is 0.456 e. The number of nitrogens with zero attached hydrogens (tertiary/aromatic N) is 2. The fourth-order valence-corrected chi connectivity index (χ4v) is 10.8. The van der Waals surface area contributed by atoms with Crippen molar-refractivity contribution < 1.29 is 28.9 Å². The molecule has 4 aromatic heterocycles. The van der Waals surface area contributed by atoms with Gasteiger partial charge in [-0.3, -0.25) is 0 Å². The summed E-state index contributed by atoms with van der Waals surface area (Å²) in [7, 11) is 0. The molecule has 63 heavy (non-hydrogen) atoms. The molecule has 5 heteroatoms. The molecular weight excluding hydrogens is 949 g/mol. The molecule has 0 saturated carbocycles. The van der Waals surface area contributed by atoms with Crippen LogP contribution in [0.3, 0.4) is 0 Å². The molecule has 0 atom stereocenters. The van der Waals surface area contributed by atoms with Crippen LogP contribution in [0.25, 0.3) is 87.9 Å². The van der Waals surface area contributed by atoms with E-state index in [0.717, 1.165) is 77.2 Å². The standard InChI is InChI=1S/2C29H26NO.Ir/c2*1-28(2)13-14-29(3,4)25-23(28)11-10-20-22-17-21-19(16-24(22)31-27(20)25)12-15-30-26(21)18-8-6-5-7-9-18;/h2*5-8,10-12,15-17H,13-14H2,1-4H3;/q2*-1;. The number of benzene rings is 6. The van der Waals surface area contributed by atoms with Crippen LogP contribution in [0.2, 0.25) is 0 Å². The zero-order chi connectivity index (χ0) is 42.8. The molecule has 0 unspecified atom stereocenters. The molecule has 12 rings (SSSR count). The molecule has 6 aromatic carbocycles. The average Bonchev–Trinajstić information content (AvgIpc) is 3.82. The van der Waals surface area contributed by atoms with Crippen molar-refractivity contribution in [1.82, 2.24) is 9.97 Å². The van der Waals surface area contributed by atoms with Crippen LogP contribution in [0, 0.1) is 12.1 Å². The molecule has 0 fully saturated rings. The first-order valence-corrected chi connectivity index (χ1v) is 22.2. The minimum Gasteiger partial charge on any atom is -0.456 e. The Kier molecular flexibility index (Phi) is 9.68. The molecule has 4 heterocycles. The number of rotatable bonds is 2. The van der Waals surface area contributed by atoms with Crippen LogP contribution in [0.5, 0.6) is 0 Å². The van der Waals surface area contributed by atoms with Crippen molar-refractivity contribution >= 4 is 65.4 Å². The summed E-state index contributed by atoms with van der Waals surface area (Å²) in [6.07, 6.45) is 8.49. The molecule has 0 saturated heterocycles. The van der Waals surface area contributed by atoms with Gasteiger partial charge in [-0.1, -0.05) is 79.7 Å². The van der Waals surface area contributed by atoms with E-state index in [1.807, 2.05) is 48.8 Å². The van der Waals surface area contributed by atoms with Crippen LogP contribution in [-0.2, 0) is 41.8 Å². The number of pyridine rings is 2. The topological polar surface area (TPSA) is 52.1 Å². The van der Waals surface area contributed by atoms with Crippen LogP contribution in [-0.4, -0.2) is 9.97 Å². The third kappa shape index (κ3) is 6.65. The van der Waals surface area contributed by atoms with Gasteiger partial charge in [-0.05, 0) is 128 Å². The smallest absolute Gasteiger partial charge is 0.139 e. The third-order valence-electron chi connectivity index (χ3n) is 14.5. The van der Waals surface area contributed by atoms with Crippen molar-refractivity contribution in [2.24, 2.45) is 0 Å². The van der Waals surface area contributed by atoms with Gasteiger partial charge in [0.2, 0.25) is 0 Å². The minimum absolute atomic E-state index is 0. The monoisotopic (exact) mass is 1000 g/mol. The maximum Gasteiger partial charge on any atom is 0.139 e. The maximum absolute atomic E-state index is 6.61. The van der Waals surface area contributed by atoms with Crippen LogP contribution in [0.15, 0.2) is 130 Å². The molecule has 2 aliphatic rings. The van der Waals surface area contributed by atoms with E-state index in [9.17, 15) is 0 Å². The molecule has 0 bridgehead atoms. The van der Waals surface area contributed by atoms with Crippen molar-refractivity contribution in [1.29, 1.82) is 0 Å². The predicted molar refractivity (Wildman–Crippen MR) is 257 cm³/mol. The van der Waals surface area contributed by atoms with E-state index in [4.69, 9.17) is 18.8 Å². The van der Waals surface area contributed by atoms with E-state index in [-0.39, 0.29) is 41.8 Å². The second-order valence-corrected chi connectivity index (χ2v) is 20.5. The Hall–Kier alpha value is -5.61. The van der Waals surface area contributed by atoms with E-state index in [1.54, 1.807) is 0 Å². The van der Waals surface area contributed by atoms with E-state index >= 15 is 0 Å². The molecule has 0 N–H and O–H groups in total. The van der Waals surface area contributed by atoms with Gasteiger partial charge in [0.05, 0.1) is 0 Å². The third-order valence-corrected chi connectivity index (χ3v) is 14.5. The quantitative estimate of drug-likeness (QED) is 0.162. The van der Waals surface area contributed by atoms with Crippen molar-refractivity contribution in [3.05, 3.63) is 156 Å². The number of hydrogen-bond acceptors (Lipinski definition) is 4. The van der Waals surface area contributed by atoms with Crippen LogP contribution in [0.4, 0.5) is 0 Å². The second-order valence-electron chi connectivity index (χ2n) is 20.5. The molecule has 10 aromatic rings. The van der Waals surface area contributed by atoms with Gasteiger partial charge in [-0.2, -0.15) is 0 Å². The van der Waals surface area contributed by atoms with Crippen molar-refractivity contribution in [2.75, 3.05) is 0 Å². The molecule has 0 amide bonds. The van der Waals surface area contributed by atoms with Gasteiger partial charge in [0, 0.05) is 65.2 Å². The molecule has 317 valence electrons. The predicted octanol–water partition coefficient (Wildman–Crippen LogP) is 15.9. The molecule has 4 nitrogen and oxygen atoms in total. The van der Waals surface area contributed by atoms with E-state index in [2.05, 4.69) is 140 Å². The van der Waals surface area contributed by atoms with Crippen LogP contribution in [0.1, 0.15) is 103 Å². The number of furan rings is 2. The van der Waals surface area contributed by atoms with E-state index in [0.29, 0.717) is 0 Å². The Morgan fingerprint density at radius 1 is 0.444 bits per heavy atom. The first-order valence-electron chi connectivity index (χ1n) is 22.2. The van der Waals surface area contributed by atoms with Gasteiger partial charge in [0.1, 0.15) is 22.3 Å². The summed E-state index contributed by atoms with van der Waals surface area (Å²) in [5, 5.41) is 9.28. The van der Waals surface area contributed by atoms with Crippen molar-refractivity contribution in [3.8, 4) is 22.5 Å². The summed E-state index contributed by atoms with van der Waals surface area (Å²) in [5.74, 6) is 0. The molecule has 1 radical (unpaired) electrons. The zero-order valence-corrected chi connectivity index (χ0v) is 39.8. The first kappa shape index (κ1) is 41.4. The summed E-state index contributed by atoms with van der Waals surface area (Å²) >= 11 is 0. The zero-order valence-electron chi connectivity index (χ0n) is 37.4. The Morgan fingerprint density at radius 2 is 0.857 bits per heavy atom. The summed E-state index contributed by atoms with van der Waals surface area (Å²) in [6, 6.07) is 44.9. The summed E-state index contributed by atoms with van der Waals surface area (Å²) in [4.78, 5) is 9.40. The van der Waals surface area contributed by atoms with Gasteiger partial charge in [0.15, 0.2) is 0 Å². The average molecular weight is 1000 g/mol. The van der Waals surface area contributed by atoms with Crippen molar-refractivity contribution in [2.45, 2.75) is 103 Å². The summed E-state index contributed by atoms with van der Waals surface area (Å²) in [6.45, 7) is 18.9. The molecule has 0 spiro atoms. The van der Waals surface area contributed by atoms with Gasteiger partial charge in [-0.15, -0.1) is 71.8 Å². The molecular formula is C58H52IrN2O2-2. The van der Waals surface area contributed by atoms with Gasteiger partial charge >= 0.3 is 0 Å². The second kappa shape index (κ2) is 14.7. The Labute approximate surface area is 383 Å². The molecule has 0 aliphatic heterocycles. The van der Waals surface area contributed by atoms with Gasteiger partial charge in [0.25, 0.3) is 0 Å². The Morgan fingerprint density at radius 3 is 1.25 bits per heavy atom. The SMILES string of the molecule is CC1(C)CCC(C)(C)c2c1ccc1c2oc2cc3ccnc(-c4[c-]cccc4)c3cc21.CC1(C)CCC(C)(C)c2c1ccc1c2oc2cc3ccnc(-c4[c-]cccc4)c3cc21.[Ir]. The fraction of sp³-hybridized carbons (Fsp3) is 0.276. The van der Waals surface area contributed by atoms with Crippen LogP contribution >= 0.6 is 0 Å². The first-order chi connectivity index (χ1) is 29.7. The van der Waals surface area contributed by atoms with Crippen LogP contribution < -0.4 is 0 Å². The van der Waals surface area contributed by atoms with Gasteiger partial charge < -0.3 is 18.8 Å². The maximum atomic E-state index is 6.61. The van der Waals surface area contributed by atoms with E-state index < -0.39 is 0 Å². The van der Waals surface area contributed by atoms with Gasteiger partial charge in [-0.25, -0.2) is 0 Å². The number of fused-ring (bicyclic) bond motifs is 12. The summed E-state index contributed by atoms with van der Waals surface area (Å²) < 4.78 is 13.2. The van der Waals surface area contributed by atoms with Crippen molar-refractivity contribution in [3.63, 3.8) is 0 Å². The fourth-order valence-electron chi connectivity index (χ4n) is 10.8. The normalized spacial score (nSPS) is 17.0. The molecule has 2 aliphatic carbocycles. The Balaban J connectivity index is 0.000000147. The Bertz CT molecular complexity index is 3180. The number of aromatic nitrogens is 2. The minimum atomic E-state index is 0.